The maximum absolute atomic E-state index is 12.4. The van der Waals surface area contributed by atoms with Gasteiger partial charge in [-0.1, -0.05) is 23.7 Å². The maximum Gasteiger partial charge on any atom is 0.251 e. The van der Waals surface area contributed by atoms with Crippen LogP contribution in [0.25, 0.3) is 0 Å². The predicted molar refractivity (Wildman–Crippen MR) is 111 cm³/mol. The molecule has 0 radical (unpaired) electrons. The van der Waals surface area contributed by atoms with Gasteiger partial charge in [0.1, 0.15) is 12.4 Å². The number of nitrogens with zero attached hydrogens (tertiary/aromatic N) is 2. The standard InChI is InChI=1S/C22H24ClN3O2/c1-14-9-20(10-15(2)21(14)23)28-13-17-5-7-18(8-6-17)22(27)24-11-19-12-26(4)25-16(19)3/h5-10,12H,11,13H2,1-4H3,(H,24,27). The van der Waals surface area contributed by atoms with E-state index in [0.29, 0.717) is 18.7 Å². The van der Waals surface area contributed by atoms with Crippen LogP contribution in [0.15, 0.2) is 42.6 Å². The van der Waals surface area contributed by atoms with Crippen molar-refractivity contribution in [2.24, 2.45) is 7.05 Å². The van der Waals surface area contributed by atoms with Crippen molar-refractivity contribution in [3.63, 3.8) is 0 Å². The van der Waals surface area contributed by atoms with Crippen LogP contribution in [0.5, 0.6) is 5.75 Å². The second kappa shape index (κ2) is 8.48. The highest BCUT2D eigenvalue weighted by Crippen LogP contribution is 2.26. The Balaban J connectivity index is 1.57. The van der Waals surface area contributed by atoms with Crippen LogP contribution in [0, 0.1) is 20.8 Å². The summed E-state index contributed by atoms with van der Waals surface area (Å²) in [7, 11) is 1.87. The Morgan fingerprint density at radius 1 is 1.14 bits per heavy atom. The first-order valence-corrected chi connectivity index (χ1v) is 9.47. The molecule has 1 aromatic heterocycles. The topological polar surface area (TPSA) is 56.1 Å². The number of benzene rings is 2. The summed E-state index contributed by atoms with van der Waals surface area (Å²) in [5.74, 6) is 0.674. The largest absolute Gasteiger partial charge is 0.489 e. The number of nitrogens with one attached hydrogen (secondary N) is 1. The van der Waals surface area contributed by atoms with Gasteiger partial charge in [-0.3, -0.25) is 9.48 Å². The first-order valence-electron chi connectivity index (χ1n) is 9.09. The summed E-state index contributed by atoms with van der Waals surface area (Å²) in [6.45, 7) is 6.74. The molecule has 5 nitrogen and oxygen atoms in total. The third-order valence-corrected chi connectivity index (χ3v) is 5.18. The summed E-state index contributed by atoms with van der Waals surface area (Å²) in [5, 5.41) is 7.97. The summed E-state index contributed by atoms with van der Waals surface area (Å²) in [4.78, 5) is 12.4. The van der Waals surface area contributed by atoms with E-state index in [0.717, 1.165) is 38.7 Å². The molecule has 0 bridgehead atoms. The van der Waals surface area contributed by atoms with Crippen molar-refractivity contribution in [3.05, 3.63) is 81.1 Å². The van der Waals surface area contributed by atoms with Gasteiger partial charge in [0.15, 0.2) is 0 Å². The Kier molecular flexibility index (Phi) is 6.05. The molecule has 146 valence electrons. The first-order chi connectivity index (χ1) is 13.3. The zero-order chi connectivity index (χ0) is 20.3. The summed E-state index contributed by atoms with van der Waals surface area (Å²) in [6.07, 6.45) is 1.91. The average Bonchev–Trinajstić information content (AvgIpc) is 3.00. The van der Waals surface area contributed by atoms with Crippen LogP contribution in [0.1, 0.15) is 38.3 Å². The third-order valence-electron chi connectivity index (χ3n) is 4.59. The predicted octanol–water partition coefficient (Wildman–Crippen LogP) is 4.51. The number of halogens is 1. The van der Waals surface area contributed by atoms with Gasteiger partial charge in [0, 0.05) is 35.9 Å². The summed E-state index contributed by atoms with van der Waals surface area (Å²) in [5.41, 5.74) is 5.52. The molecule has 0 atom stereocenters. The number of aromatic nitrogens is 2. The van der Waals surface area contributed by atoms with Gasteiger partial charge in [0.25, 0.3) is 5.91 Å². The lowest BCUT2D eigenvalue weighted by molar-refractivity contribution is 0.0951. The zero-order valence-electron chi connectivity index (χ0n) is 16.5. The van der Waals surface area contributed by atoms with Gasteiger partial charge in [0.2, 0.25) is 0 Å². The van der Waals surface area contributed by atoms with E-state index in [1.807, 2.05) is 70.4 Å². The molecule has 1 amide bonds. The summed E-state index contributed by atoms with van der Waals surface area (Å²) < 4.78 is 7.61. The van der Waals surface area contributed by atoms with Crippen molar-refractivity contribution >= 4 is 17.5 Å². The smallest absolute Gasteiger partial charge is 0.251 e. The number of ether oxygens (including phenoxy) is 1. The molecule has 3 rings (SSSR count). The van der Waals surface area contributed by atoms with Crippen molar-refractivity contribution in [1.82, 2.24) is 15.1 Å². The molecule has 0 fully saturated rings. The molecule has 6 heteroatoms. The van der Waals surface area contributed by atoms with E-state index in [-0.39, 0.29) is 5.91 Å². The highest BCUT2D eigenvalue weighted by Gasteiger charge is 2.09. The molecular formula is C22H24ClN3O2. The van der Waals surface area contributed by atoms with Gasteiger partial charge in [-0.15, -0.1) is 0 Å². The molecular weight excluding hydrogens is 374 g/mol. The lowest BCUT2D eigenvalue weighted by atomic mass is 10.1. The third kappa shape index (κ3) is 4.73. The van der Waals surface area contributed by atoms with Gasteiger partial charge in [-0.05, 0) is 61.7 Å². The molecule has 0 unspecified atom stereocenters. The fourth-order valence-electron chi connectivity index (χ4n) is 3.01. The number of aryl methyl sites for hydroxylation is 4. The van der Waals surface area contributed by atoms with Crippen molar-refractivity contribution < 1.29 is 9.53 Å². The second-order valence-corrected chi connectivity index (χ2v) is 7.33. The zero-order valence-corrected chi connectivity index (χ0v) is 17.3. The lowest BCUT2D eigenvalue weighted by Gasteiger charge is -2.10. The number of rotatable bonds is 6. The van der Waals surface area contributed by atoms with E-state index in [4.69, 9.17) is 16.3 Å². The minimum Gasteiger partial charge on any atom is -0.489 e. The van der Waals surface area contributed by atoms with Gasteiger partial charge in [-0.25, -0.2) is 0 Å². The fourth-order valence-corrected chi connectivity index (χ4v) is 3.12. The Labute approximate surface area is 170 Å². The van der Waals surface area contributed by atoms with Crippen LogP contribution in [0.3, 0.4) is 0 Å². The highest BCUT2D eigenvalue weighted by atomic mass is 35.5. The van der Waals surface area contributed by atoms with E-state index >= 15 is 0 Å². The van der Waals surface area contributed by atoms with Crippen LogP contribution in [0.2, 0.25) is 5.02 Å². The van der Waals surface area contributed by atoms with E-state index < -0.39 is 0 Å². The number of amides is 1. The SMILES string of the molecule is Cc1cc(OCc2ccc(C(=O)NCc3cn(C)nc3C)cc2)cc(C)c1Cl. The van der Waals surface area contributed by atoms with Gasteiger partial charge >= 0.3 is 0 Å². The molecule has 3 aromatic rings. The monoisotopic (exact) mass is 397 g/mol. The van der Waals surface area contributed by atoms with Crippen molar-refractivity contribution in [3.8, 4) is 5.75 Å². The van der Waals surface area contributed by atoms with Crippen LogP contribution >= 0.6 is 11.6 Å². The van der Waals surface area contributed by atoms with Crippen molar-refractivity contribution in [2.45, 2.75) is 33.9 Å². The van der Waals surface area contributed by atoms with E-state index in [9.17, 15) is 4.79 Å². The van der Waals surface area contributed by atoms with Crippen LogP contribution in [-0.2, 0) is 20.2 Å². The average molecular weight is 398 g/mol. The second-order valence-electron chi connectivity index (χ2n) is 6.95. The molecule has 0 aliphatic carbocycles. The Bertz CT molecular complexity index is 971. The minimum atomic E-state index is -0.111. The number of carbonyl (C=O) groups is 1. The first kappa shape index (κ1) is 20.0. The Morgan fingerprint density at radius 3 is 2.36 bits per heavy atom. The number of hydrogen-bond acceptors (Lipinski definition) is 3. The molecule has 28 heavy (non-hydrogen) atoms. The van der Waals surface area contributed by atoms with E-state index in [1.165, 1.54) is 0 Å². The van der Waals surface area contributed by atoms with E-state index in [1.54, 1.807) is 4.68 Å². The quantitative estimate of drug-likeness (QED) is 0.665. The summed E-state index contributed by atoms with van der Waals surface area (Å²) >= 11 is 6.19. The highest BCUT2D eigenvalue weighted by molar-refractivity contribution is 6.32. The fraction of sp³-hybridized carbons (Fsp3) is 0.273. The van der Waals surface area contributed by atoms with Crippen molar-refractivity contribution in [1.29, 1.82) is 0 Å². The van der Waals surface area contributed by atoms with Gasteiger partial charge in [-0.2, -0.15) is 5.10 Å². The van der Waals surface area contributed by atoms with Gasteiger partial charge in [0.05, 0.1) is 5.69 Å². The Morgan fingerprint density at radius 2 is 1.79 bits per heavy atom. The normalized spacial score (nSPS) is 10.8. The van der Waals surface area contributed by atoms with Crippen LogP contribution in [-0.4, -0.2) is 15.7 Å². The molecule has 0 aliphatic rings. The summed E-state index contributed by atoms with van der Waals surface area (Å²) in [6, 6.07) is 11.3. The number of carbonyl (C=O) groups excluding carboxylic acids is 1. The molecule has 0 spiro atoms. The molecule has 2 aromatic carbocycles. The van der Waals surface area contributed by atoms with E-state index in [2.05, 4.69) is 10.4 Å². The Hall–Kier alpha value is -2.79. The molecule has 1 heterocycles. The van der Waals surface area contributed by atoms with Gasteiger partial charge < -0.3 is 10.1 Å². The molecule has 1 N–H and O–H groups in total. The molecule has 0 saturated heterocycles. The molecule has 0 saturated carbocycles. The van der Waals surface area contributed by atoms with Crippen LogP contribution < -0.4 is 10.1 Å². The van der Waals surface area contributed by atoms with Crippen LogP contribution in [0.4, 0.5) is 0 Å². The minimum absolute atomic E-state index is 0.111. The lowest BCUT2D eigenvalue weighted by Crippen LogP contribution is -2.22. The molecule has 0 aliphatic heterocycles. The maximum atomic E-state index is 12.4. The number of hydrogen-bond donors (Lipinski definition) is 1. The van der Waals surface area contributed by atoms with Crippen molar-refractivity contribution in [2.75, 3.05) is 0 Å².